The van der Waals surface area contributed by atoms with Crippen LogP contribution in [0.1, 0.15) is 5.56 Å². The summed E-state index contributed by atoms with van der Waals surface area (Å²) in [4.78, 5) is 0. The summed E-state index contributed by atoms with van der Waals surface area (Å²) in [7, 11) is 0. The number of nitrogens with zero attached hydrogens (tertiary/aromatic N) is 1. The Kier molecular flexibility index (Phi) is 5.61. The fourth-order valence-electron chi connectivity index (χ4n) is 1.71. The van der Waals surface area contributed by atoms with Crippen LogP contribution in [0.4, 0.5) is 5.69 Å². The molecule has 0 aliphatic carbocycles. The minimum atomic E-state index is -0.639. The monoisotopic (exact) mass is 346 g/mol. The van der Waals surface area contributed by atoms with E-state index in [1.54, 1.807) is 24.3 Å². The summed E-state index contributed by atoms with van der Waals surface area (Å²) in [6, 6.07) is 16.6. The normalized spacial score (nSPS) is 11.5. The van der Waals surface area contributed by atoms with Crippen LogP contribution in [0.3, 0.4) is 0 Å². The highest BCUT2D eigenvalue weighted by atomic mass is 79.9. The van der Waals surface area contributed by atoms with Crippen molar-refractivity contribution in [1.29, 1.82) is 5.26 Å². The molecule has 2 aromatic rings. The Hall–Kier alpha value is -2.03. The van der Waals surface area contributed by atoms with E-state index in [0.29, 0.717) is 17.9 Å². The van der Waals surface area contributed by atoms with Crippen molar-refractivity contribution in [2.45, 2.75) is 6.10 Å². The molecule has 0 aliphatic heterocycles. The van der Waals surface area contributed by atoms with Crippen molar-refractivity contribution >= 4 is 21.6 Å². The number of rotatable bonds is 6. The molecule has 0 amide bonds. The molecule has 0 bridgehead atoms. The molecule has 108 valence electrons. The number of ether oxygens (including phenoxy) is 1. The van der Waals surface area contributed by atoms with Crippen molar-refractivity contribution in [2.75, 3.05) is 18.5 Å². The Morgan fingerprint density at radius 2 is 2.00 bits per heavy atom. The van der Waals surface area contributed by atoms with Gasteiger partial charge in [0.05, 0.1) is 11.6 Å². The fourth-order valence-corrected chi connectivity index (χ4v) is 1.97. The molecule has 2 rings (SSSR count). The second-order valence-corrected chi connectivity index (χ2v) is 5.41. The van der Waals surface area contributed by atoms with Gasteiger partial charge in [-0.05, 0) is 42.5 Å². The topological polar surface area (TPSA) is 65.3 Å². The minimum absolute atomic E-state index is 0.165. The lowest BCUT2D eigenvalue weighted by molar-refractivity contribution is 0.117. The first kappa shape index (κ1) is 15.4. The number of nitriles is 1. The van der Waals surface area contributed by atoms with Gasteiger partial charge in [0.25, 0.3) is 0 Å². The maximum Gasteiger partial charge on any atom is 0.120 e. The van der Waals surface area contributed by atoms with Gasteiger partial charge >= 0.3 is 0 Å². The molecule has 5 heteroatoms. The molecule has 0 heterocycles. The molecule has 0 saturated carbocycles. The predicted octanol–water partition coefficient (Wildman–Crippen LogP) is 3.17. The zero-order chi connectivity index (χ0) is 15.1. The van der Waals surface area contributed by atoms with Crippen LogP contribution in [-0.4, -0.2) is 24.4 Å². The van der Waals surface area contributed by atoms with Gasteiger partial charge in [-0.3, -0.25) is 0 Å². The van der Waals surface area contributed by atoms with Crippen LogP contribution in [-0.2, 0) is 0 Å². The van der Waals surface area contributed by atoms with Gasteiger partial charge in [-0.2, -0.15) is 5.26 Å². The van der Waals surface area contributed by atoms with E-state index in [1.165, 1.54) is 0 Å². The zero-order valence-corrected chi connectivity index (χ0v) is 12.9. The summed E-state index contributed by atoms with van der Waals surface area (Å²) in [5.74, 6) is 0.580. The van der Waals surface area contributed by atoms with Crippen molar-refractivity contribution in [1.82, 2.24) is 0 Å². The number of anilines is 1. The summed E-state index contributed by atoms with van der Waals surface area (Å²) >= 11 is 3.37. The van der Waals surface area contributed by atoms with Gasteiger partial charge in [-0.1, -0.05) is 22.0 Å². The highest BCUT2D eigenvalue weighted by Crippen LogP contribution is 2.15. The van der Waals surface area contributed by atoms with E-state index in [4.69, 9.17) is 10.00 Å². The third-order valence-electron chi connectivity index (χ3n) is 2.79. The summed E-state index contributed by atoms with van der Waals surface area (Å²) in [5, 5.41) is 21.8. The number of benzene rings is 2. The van der Waals surface area contributed by atoms with Crippen LogP contribution in [0.5, 0.6) is 5.75 Å². The Bertz CT molecular complexity index is 623. The van der Waals surface area contributed by atoms with Gasteiger partial charge in [0.1, 0.15) is 18.5 Å². The lowest BCUT2D eigenvalue weighted by atomic mass is 10.2. The first-order valence-corrected chi connectivity index (χ1v) is 7.27. The van der Waals surface area contributed by atoms with E-state index in [2.05, 4.69) is 21.2 Å². The van der Waals surface area contributed by atoms with Crippen LogP contribution >= 0.6 is 15.9 Å². The van der Waals surface area contributed by atoms with Gasteiger partial charge in [0.15, 0.2) is 0 Å². The molecule has 1 unspecified atom stereocenters. The van der Waals surface area contributed by atoms with E-state index >= 15 is 0 Å². The molecule has 4 nitrogen and oxygen atoms in total. The van der Waals surface area contributed by atoms with Crippen LogP contribution in [0.2, 0.25) is 0 Å². The van der Waals surface area contributed by atoms with Crippen LogP contribution in [0.25, 0.3) is 0 Å². The second kappa shape index (κ2) is 7.67. The largest absolute Gasteiger partial charge is 0.491 e. The standard InChI is InChI=1S/C16H15BrN2O2/c17-13-4-6-14(7-5-13)19-10-15(20)11-21-16-3-1-2-12(8-16)9-18/h1-8,15,19-20H,10-11H2. The Labute approximate surface area is 132 Å². The van der Waals surface area contributed by atoms with Crippen LogP contribution in [0.15, 0.2) is 53.0 Å². The number of aliphatic hydroxyl groups excluding tert-OH is 1. The molecule has 0 spiro atoms. The van der Waals surface area contributed by atoms with Gasteiger partial charge in [-0.15, -0.1) is 0 Å². The predicted molar refractivity (Wildman–Crippen MR) is 85.3 cm³/mol. The van der Waals surface area contributed by atoms with Crippen molar-refractivity contribution in [3.8, 4) is 11.8 Å². The summed E-state index contributed by atoms with van der Waals surface area (Å²) in [6.07, 6.45) is -0.639. The molecule has 0 aliphatic rings. The Balaban J connectivity index is 1.78. The lowest BCUT2D eigenvalue weighted by Gasteiger charge is -2.14. The maximum atomic E-state index is 9.89. The third-order valence-corrected chi connectivity index (χ3v) is 3.32. The molecule has 1 atom stereocenters. The third kappa shape index (κ3) is 5.10. The minimum Gasteiger partial charge on any atom is -0.491 e. The molecule has 2 N–H and O–H groups in total. The molecular weight excluding hydrogens is 332 g/mol. The van der Waals surface area contributed by atoms with E-state index in [-0.39, 0.29) is 6.61 Å². The maximum absolute atomic E-state index is 9.89. The summed E-state index contributed by atoms with van der Waals surface area (Å²) < 4.78 is 6.48. The van der Waals surface area contributed by atoms with Gasteiger partial charge < -0.3 is 15.2 Å². The second-order valence-electron chi connectivity index (χ2n) is 4.49. The van der Waals surface area contributed by atoms with E-state index < -0.39 is 6.10 Å². The Morgan fingerprint density at radius 1 is 1.24 bits per heavy atom. The van der Waals surface area contributed by atoms with Crippen molar-refractivity contribution in [3.05, 3.63) is 58.6 Å². The first-order chi connectivity index (χ1) is 10.2. The molecular formula is C16H15BrN2O2. The van der Waals surface area contributed by atoms with E-state index in [0.717, 1.165) is 10.2 Å². The van der Waals surface area contributed by atoms with Crippen molar-refractivity contribution in [3.63, 3.8) is 0 Å². The van der Waals surface area contributed by atoms with Crippen molar-refractivity contribution in [2.24, 2.45) is 0 Å². The number of nitrogens with one attached hydrogen (secondary N) is 1. The number of halogens is 1. The van der Waals surface area contributed by atoms with Crippen LogP contribution in [0, 0.1) is 11.3 Å². The average Bonchev–Trinajstić information content (AvgIpc) is 2.52. The highest BCUT2D eigenvalue weighted by molar-refractivity contribution is 9.10. The molecule has 0 aromatic heterocycles. The fraction of sp³-hybridized carbons (Fsp3) is 0.188. The molecule has 21 heavy (non-hydrogen) atoms. The molecule has 0 fully saturated rings. The van der Waals surface area contributed by atoms with Gasteiger partial charge in [0.2, 0.25) is 0 Å². The lowest BCUT2D eigenvalue weighted by Crippen LogP contribution is -2.26. The van der Waals surface area contributed by atoms with Crippen LogP contribution < -0.4 is 10.1 Å². The van der Waals surface area contributed by atoms with Crippen molar-refractivity contribution < 1.29 is 9.84 Å². The quantitative estimate of drug-likeness (QED) is 0.842. The smallest absolute Gasteiger partial charge is 0.120 e. The highest BCUT2D eigenvalue weighted by Gasteiger charge is 2.05. The molecule has 0 saturated heterocycles. The van der Waals surface area contributed by atoms with Gasteiger partial charge in [-0.25, -0.2) is 0 Å². The van der Waals surface area contributed by atoms with Gasteiger partial charge in [0, 0.05) is 16.7 Å². The summed E-state index contributed by atoms with van der Waals surface area (Å²) in [6.45, 7) is 0.554. The van der Waals surface area contributed by atoms with E-state index in [9.17, 15) is 5.11 Å². The number of aliphatic hydroxyl groups is 1. The molecule has 0 radical (unpaired) electrons. The zero-order valence-electron chi connectivity index (χ0n) is 11.3. The summed E-state index contributed by atoms with van der Waals surface area (Å²) in [5.41, 5.74) is 1.47. The average molecular weight is 347 g/mol. The number of hydrogen-bond donors (Lipinski definition) is 2. The SMILES string of the molecule is N#Cc1cccc(OCC(O)CNc2ccc(Br)cc2)c1. The molecule has 2 aromatic carbocycles. The van der Waals surface area contributed by atoms with E-state index in [1.807, 2.05) is 30.3 Å². The number of hydrogen-bond acceptors (Lipinski definition) is 4. The Morgan fingerprint density at radius 3 is 2.71 bits per heavy atom. The first-order valence-electron chi connectivity index (χ1n) is 6.48.